The van der Waals surface area contributed by atoms with Crippen molar-refractivity contribution in [1.29, 1.82) is 0 Å². The number of benzene rings is 1. The first-order chi connectivity index (χ1) is 14.9. The number of phenolic OH excluding ortho intramolecular Hbond substituents is 1. The standard InChI is InChI=1S/C26H37NO3S/c1-5-6-7-8-19-14-23(28)25(22-13-18(4)9-10-21(22)17(2)3)24(15-19)30-26(31)27-12-11-20-16-29-20/h13-15,20-22,28H,2,5-12,16H2,1,3-4H3,(H,27,31)/t20?,21-,22+/m0/s1. The molecule has 0 amide bonds. The van der Waals surface area contributed by atoms with E-state index in [2.05, 4.69) is 44.8 Å². The van der Waals surface area contributed by atoms with Crippen molar-refractivity contribution in [2.75, 3.05) is 13.2 Å². The molecule has 4 nitrogen and oxygen atoms in total. The first-order valence-electron chi connectivity index (χ1n) is 11.6. The number of nitrogens with one attached hydrogen (secondary N) is 1. The lowest BCUT2D eigenvalue weighted by molar-refractivity contribution is 0.393. The summed E-state index contributed by atoms with van der Waals surface area (Å²) in [6.07, 6.45) is 9.97. The molecule has 5 heteroatoms. The fourth-order valence-corrected chi connectivity index (χ4v) is 4.61. The molecule has 1 aliphatic carbocycles. The molecule has 2 aliphatic rings. The average Bonchev–Trinajstić information content (AvgIpc) is 3.52. The van der Waals surface area contributed by atoms with E-state index in [1.165, 1.54) is 18.4 Å². The summed E-state index contributed by atoms with van der Waals surface area (Å²) in [6, 6.07) is 3.97. The van der Waals surface area contributed by atoms with Gasteiger partial charge in [-0.25, -0.2) is 0 Å². The SMILES string of the molecule is C=C(C)[C@@H]1CCC(C)=C[C@H]1c1c(O)cc(CCCCC)cc1OC(=S)NCCC1CO1. The summed E-state index contributed by atoms with van der Waals surface area (Å²) in [6.45, 7) is 12.2. The molecule has 2 N–H and O–H groups in total. The molecular weight excluding hydrogens is 406 g/mol. The third-order valence-corrected chi connectivity index (χ3v) is 6.53. The quantitative estimate of drug-likeness (QED) is 0.196. The van der Waals surface area contributed by atoms with E-state index in [1.54, 1.807) is 0 Å². The second kappa shape index (κ2) is 11.1. The molecule has 3 atom stereocenters. The molecule has 1 heterocycles. The number of allylic oxidation sites excluding steroid dienone is 3. The molecule has 1 aromatic rings. The van der Waals surface area contributed by atoms with Gasteiger partial charge in [0.05, 0.1) is 12.7 Å². The first kappa shape index (κ1) is 23.8. The fraction of sp³-hybridized carbons (Fsp3) is 0.577. The third-order valence-electron chi connectivity index (χ3n) is 6.30. The Morgan fingerprint density at radius 3 is 2.81 bits per heavy atom. The molecule has 0 bridgehead atoms. The number of unbranched alkanes of at least 4 members (excludes halogenated alkanes) is 2. The Labute approximate surface area is 192 Å². The highest BCUT2D eigenvalue weighted by Gasteiger charge is 2.31. The molecule has 1 unspecified atom stereocenters. The van der Waals surface area contributed by atoms with E-state index in [1.807, 2.05) is 6.07 Å². The van der Waals surface area contributed by atoms with Crippen LogP contribution in [0.4, 0.5) is 0 Å². The van der Waals surface area contributed by atoms with Gasteiger partial charge in [-0.15, -0.1) is 0 Å². The molecule has 1 aliphatic heterocycles. The van der Waals surface area contributed by atoms with Crippen molar-refractivity contribution in [2.24, 2.45) is 5.92 Å². The maximum absolute atomic E-state index is 11.1. The van der Waals surface area contributed by atoms with Crippen LogP contribution in [0.1, 0.15) is 76.3 Å². The van der Waals surface area contributed by atoms with E-state index >= 15 is 0 Å². The smallest absolute Gasteiger partial charge is 0.262 e. The minimum Gasteiger partial charge on any atom is -0.507 e. The summed E-state index contributed by atoms with van der Waals surface area (Å²) in [5, 5.41) is 14.6. The zero-order valence-corrected chi connectivity index (χ0v) is 20.0. The molecule has 0 aromatic heterocycles. The zero-order valence-electron chi connectivity index (χ0n) is 19.2. The maximum atomic E-state index is 11.1. The van der Waals surface area contributed by atoms with Crippen LogP contribution in [-0.4, -0.2) is 29.5 Å². The number of ether oxygens (including phenoxy) is 2. The van der Waals surface area contributed by atoms with E-state index in [0.717, 1.165) is 62.0 Å². The summed E-state index contributed by atoms with van der Waals surface area (Å²) in [7, 11) is 0. The topological polar surface area (TPSA) is 54.0 Å². The van der Waals surface area contributed by atoms with Crippen LogP contribution in [0.2, 0.25) is 0 Å². The van der Waals surface area contributed by atoms with Crippen molar-refractivity contribution in [2.45, 2.75) is 77.7 Å². The van der Waals surface area contributed by atoms with Crippen LogP contribution >= 0.6 is 12.2 Å². The monoisotopic (exact) mass is 443 g/mol. The number of thiocarbonyl (C=S) groups is 1. The van der Waals surface area contributed by atoms with Crippen LogP contribution in [0.25, 0.3) is 0 Å². The predicted octanol–water partition coefficient (Wildman–Crippen LogP) is 6.18. The Balaban J connectivity index is 1.88. The highest BCUT2D eigenvalue weighted by molar-refractivity contribution is 7.80. The van der Waals surface area contributed by atoms with Gasteiger partial charge in [0.1, 0.15) is 11.5 Å². The van der Waals surface area contributed by atoms with Crippen molar-refractivity contribution < 1.29 is 14.6 Å². The Morgan fingerprint density at radius 2 is 2.13 bits per heavy atom. The van der Waals surface area contributed by atoms with Crippen molar-refractivity contribution >= 4 is 17.4 Å². The zero-order chi connectivity index (χ0) is 22.4. The minimum absolute atomic E-state index is 0.0357. The molecular formula is C26H37NO3S. The van der Waals surface area contributed by atoms with Gasteiger partial charge in [0, 0.05) is 18.0 Å². The number of aromatic hydroxyl groups is 1. The highest BCUT2D eigenvalue weighted by Crippen LogP contribution is 2.47. The Hall–Kier alpha value is -1.85. The second-order valence-corrected chi connectivity index (χ2v) is 9.45. The van der Waals surface area contributed by atoms with E-state index in [4.69, 9.17) is 21.7 Å². The summed E-state index contributed by atoms with van der Waals surface area (Å²) < 4.78 is 11.4. The second-order valence-electron chi connectivity index (χ2n) is 9.07. The summed E-state index contributed by atoms with van der Waals surface area (Å²) in [5.74, 6) is 1.26. The summed E-state index contributed by atoms with van der Waals surface area (Å²) >= 11 is 5.48. The number of rotatable bonds is 10. The van der Waals surface area contributed by atoms with Crippen LogP contribution < -0.4 is 10.1 Å². The van der Waals surface area contributed by atoms with Crippen LogP contribution in [0.15, 0.2) is 35.9 Å². The molecule has 1 saturated heterocycles. The van der Waals surface area contributed by atoms with Crippen molar-refractivity contribution in [3.63, 3.8) is 0 Å². The Bertz CT molecular complexity index is 828. The first-order valence-corrected chi connectivity index (χ1v) is 12.1. The van der Waals surface area contributed by atoms with E-state index in [0.29, 0.717) is 22.8 Å². The van der Waals surface area contributed by atoms with Crippen LogP contribution in [-0.2, 0) is 11.2 Å². The van der Waals surface area contributed by atoms with Crippen molar-refractivity contribution in [1.82, 2.24) is 5.32 Å². The van der Waals surface area contributed by atoms with Crippen molar-refractivity contribution in [3.05, 3.63) is 47.1 Å². The van der Waals surface area contributed by atoms with Gasteiger partial charge in [-0.05, 0) is 81.8 Å². The maximum Gasteiger partial charge on any atom is 0.262 e. The number of hydrogen-bond donors (Lipinski definition) is 2. The molecule has 1 aromatic carbocycles. The van der Waals surface area contributed by atoms with Crippen molar-refractivity contribution in [3.8, 4) is 11.5 Å². The summed E-state index contributed by atoms with van der Waals surface area (Å²) in [4.78, 5) is 0. The van der Waals surface area contributed by atoms with Gasteiger partial charge in [0.25, 0.3) is 5.17 Å². The van der Waals surface area contributed by atoms with Gasteiger partial charge in [-0.2, -0.15) is 0 Å². The molecule has 1 fully saturated rings. The minimum atomic E-state index is 0.0357. The molecule has 3 rings (SSSR count). The number of hydrogen-bond acceptors (Lipinski definition) is 4. The normalized spacial score (nSPS) is 22.5. The predicted molar refractivity (Wildman–Crippen MR) is 131 cm³/mol. The lowest BCUT2D eigenvalue weighted by atomic mass is 9.73. The van der Waals surface area contributed by atoms with Gasteiger partial charge in [-0.3, -0.25) is 0 Å². The van der Waals surface area contributed by atoms with Gasteiger partial charge < -0.3 is 19.9 Å². The summed E-state index contributed by atoms with van der Waals surface area (Å²) in [5.41, 5.74) is 4.38. The van der Waals surface area contributed by atoms with Gasteiger partial charge in [0.2, 0.25) is 0 Å². The lowest BCUT2D eigenvalue weighted by Gasteiger charge is -2.32. The average molecular weight is 444 g/mol. The lowest BCUT2D eigenvalue weighted by Crippen LogP contribution is -2.29. The molecule has 0 radical (unpaired) electrons. The van der Waals surface area contributed by atoms with Gasteiger partial charge in [-0.1, -0.05) is 43.6 Å². The van der Waals surface area contributed by atoms with Crippen LogP contribution in [0, 0.1) is 5.92 Å². The Kier molecular flexibility index (Phi) is 8.56. The largest absolute Gasteiger partial charge is 0.507 e. The van der Waals surface area contributed by atoms with Gasteiger partial charge in [0.15, 0.2) is 0 Å². The Morgan fingerprint density at radius 1 is 1.35 bits per heavy atom. The number of phenols is 1. The molecule has 0 saturated carbocycles. The third kappa shape index (κ3) is 6.81. The van der Waals surface area contributed by atoms with E-state index in [9.17, 15) is 5.11 Å². The number of aryl methyl sites for hydroxylation is 1. The van der Waals surface area contributed by atoms with E-state index < -0.39 is 0 Å². The number of epoxide rings is 1. The molecule has 31 heavy (non-hydrogen) atoms. The fourth-order valence-electron chi connectivity index (χ4n) is 4.42. The van der Waals surface area contributed by atoms with E-state index in [-0.39, 0.29) is 11.8 Å². The van der Waals surface area contributed by atoms with Crippen LogP contribution in [0.3, 0.4) is 0 Å². The van der Waals surface area contributed by atoms with Crippen LogP contribution in [0.5, 0.6) is 11.5 Å². The molecule has 0 spiro atoms. The van der Waals surface area contributed by atoms with Gasteiger partial charge >= 0.3 is 0 Å². The highest BCUT2D eigenvalue weighted by atomic mass is 32.1. The molecule has 170 valence electrons.